The van der Waals surface area contributed by atoms with E-state index in [9.17, 15) is 27.6 Å². The van der Waals surface area contributed by atoms with Crippen LogP contribution in [0.4, 0.5) is 17.6 Å². The van der Waals surface area contributed by atoms with Crippen LogP contribution in [-0.2, 0) is 6.54 Å². The molecule has 0 aliphatic carbocycles. The normalized spacial score (nSPS) is 19.0. The van der Waals surface area contributed by atoms with Crippen molar-refractivity contribution in [1.82, 2.24) is 29.9 Å². The van der Waals surface area contributed by atoms with Crippen molar-refractivity contribution in [2.75, 3.05) is 26.2 Å². The smallest absolute Gasteiger partial charge is 0.406 e. The fourth-order valence-corrected chi connectivity index (χ4v) is 6.18. The molecule has 2 aromatic carbocycles. The molecule has 2 amide bonds. The van der Waals surface area contributed by atoms with E-state index in [0.29, 0.717) is 56.6 Å². The zero-order valence-corrected chi connectivity index (χ0v) is 26.4. The van der Waals surface area contributed by atoms with Crippen LogP contribution in [0.15, 0.2) is 85.3 Å². The van der Waals surface area contributed by atoms with Crippen molar-refractivity contribution >= 4 is 17.6 Å². The number of benzene rings is 2. The van der Waals surface area contributed by atoms with Crippen LogP contribution in [0.25, 0.3) is 5.69 Å². The molecule has 6 rings (SSSR count). The minimum Gasteiger partial charge on any atom is -0.406 e. The maximum atomic E-state index is 15.1. The molecule has 2 aromatic heterocycles. The first kappa shape index (κ1) is 33.8. The van der Waals surface area contributed by atoms with Crippen molar-refractivity contribution < 1.29 is 36.7 Å². The summed E-state index contributed by atoms with van der Waals surface area (Å²) in [4.78, 5) is 46.8. The number of amides is 2. The lowest BCUT2D eigenvalue weighted by molar-refractivity contribution is -0.274. The Bertz CT molecular complexity index is 1740. The second-order valence-electron chi connectivity index (χ2n) is 12.2. The molecular weight excluding hydrogens is 644 g/mol. The minimum atomic E-state index is -4.77. The molecule has 0 spiro atoms. The first-order chi connectivity index (χ1) is 23.5. The number of alkyl halides is 4. The summed E-state index contributed by atoms with van der Waals surface area (Å²) in [5.74, 6) is -1.28. The number of carbonyl (C=O) groups is 3. The molecule has 2 saturated heterocycles. The van der Waals surface area contributed by atoms with Crippen LogP contribution in [-0.4, -0.2) is 86.9 Å². The number of likely N-dealkylation sites (tertiary alicyclic amines) is 2. The molecule has 256 valence electrons. The molecule has 14 heteroatoms. The van der Waals surface area contributed by atoms with E-state index in [0.717, 1.165) is 5.69 Å². The third-order valence-corrected chi connectivity index (χ3v) is 8.82. The number of hydrogen-bond acceptors (Lipinski definition) is 7. The Morgan fingerprint density at radius 3 is 2.22 bits per heavy atom. The first-order valence-corrected chi connectivity index (χ1v) is 15.9. The summed E-state index contributed by atoms with van der Waals surface area (Å²) in [6.07, 6.45) is 0.0501. The number of hydrogen-bond donors (Lipinski definition) is 1. The van der Waals surface area contributed by atoms with Crippen LogP contribution in [0.1, 0.15) is 56.0 Å². The van der Waals surface area contributed by atoms with Crippen molar-refractivity contribution in [2.45, 2.75) is 44.4 Å². The van der Waals surface area contributed by atoms with E-state index in [4.69, 9.17) is 0 Å². The number of piperidine rings is 2. The van der Waals surface area contributed by atoms with Crippen molar-refractivity contribution in [1.29, 1.82) is 0 Å². The van der Waals surface area contributed by atoms with Crippen molar-refractivity contribution in [3.05, 3.63) is 108 Å². The number of Topliss-reactive ketones (excluding diaryl/α,β-unsaturated/α-hetero) is 1. The third kappa shape index (κ3) is 8.49. The van der Waals surface area contributed by atoms with Crippen molar-refractivity contribution in [3.8, 4) is 11.4 Å². The number of pyridine rings is 1. The van der Waals surface area contributed by atoms with Gasteiger partial charge in [-0.25, -0.2) is 9.07 Å². The highest BCUT2D eigenvalue weighted by atomic mass is 19.4. The molecule has 1 N–H and O–H groups in total. The molecule has 2 aliphatic rings. The molecule has 49 heavy (non-hydrogen) atoms. The predicted octanol–water partition coefficient (Wildman–Crippen LogP) is 5.24. The van der Waals surface area contributed by atoms with Crippen LogP contribution in [0.5, 0.6) is 5.75 Å². The number of ketones is 1. The summed E-state index contributed by atoms with van der Waals surface area (Å²) < 4.78 is 57.8. The highest BCUT2D eigenvalue weighted by Gasteiger charge is 2.33. The fourth-order valence-electron chi connectivity index (χ4n) is 6.18. The van der Waals surface area contributed by atoms with Gasteiger partial charge in [-0.3, -0.25) is 24.3 Å². The minimum absolute atomic E-state index is 0.0398. The van der Waals surface area contributed by atoms with Gasteiger partial charge >= 0.3 is 6.36 Å². The van der Waals surface area contributed by atoms with Gasteiger partial charge < -0.3 is 15.0 Å². The Kier molecular flexibility index (Phi) is 10.0. The third-order valence-electron chi connectivity index (χ3n) is 8.82. The number of nitrogens with zero attached hydrogens (tertiary/aromatic N) is 5. The van der Waals surface area contributed by atoms with Gasteiger partial charge in [0, 0.05) is 62.8 Å². The number of aromatic nitrogens is 3. The van der Waals surface area contributed by atoms with E-state index in [1.807, 2.05) is 29.3 Å². The van der Waals surface area contributed by atoms with Crippen LogP contribution in [0.3, 0.4) is 0 Å². The summed E-state index contributed by atoms with van der Waals surface area (Å²) in [5.41, 5.74) is 2.54. The van der Waals surface area contributed by atoms with Crippen molar-refractivity contribution in [2.24, 2.45) is 5.92 Å². The highest BCUT2D eigenvalue weighted by molar-refractivity contribution is 5.99. The molecule has 0 bridgehead atoms. The van der Waals surface area contributed by atoms with E-state index >= 15 is 4.39 Å². The van der Waals surface area contributed by atoms with Crippen molar-refractivity contribution in [3.63, 3.8) is 0 Å². The van der Waals surface area contributed by atoms with E-state index < -0.39 is 24.5 Å². The van der Waals surface area contributed by atoms with Gasteiger partial charge in [0.2, 0.25) is 0 Å². The molecule has 10 nitrogen and oxygen atoms in total. The zero-order valence-electron chi connectivity index (χ0n) is 26.4. The van der Waals surface area contributed by atoms with Gasteiger partial charge in [0.25, 0.3) is 11.8 Å². The van der Waals surface area contributed by atoms with Gasteiger partial charge in [0.1, 0.15) is 17.6 Å². The Morgan fingerprint density at radius 2 is 1.61 bits per heavy atom. The van der Waals surface area contributed by atoms with Gasteiger partial charge in [0.15, 0.2) is 5.78 Å². The molecule has 4 heterocycles. The van der Waals surface area contributed by atoms with E-state index in [1.54, 1.807) is 27.9 Å². The number of carbonyl (C=O) groups excluding carboxylic acids is 3. The Labute approximate surface area is 279 Å². The van der Waals surface area contributed by atoms with E-state index in [2.05, 4.69) is 20.1 Å². The number of halogens is 4. The van der Waals surface area contributed by atoms with Gasteiger partial charge in [-0.2, -0.15) is 5.10 Å². The molecule has 0 radical (unpaired) electrons. The molecule has 2 fully saturated rings. The number of rotatable bonds is 9. The summed E-state index contributed by atoms with van der Waals surface area (Å²) in [6.45, 7) is 1.65. The molecule has 4 aromatic rings. The largest absolute Gasteiger partial charge is 0.573 e. The predicted molar refractivity (Wildman–Crippen MR) is 170 cm³/mol. The Hall–Kier alpha value is -5.11. The maximum Gasteiger partial charge on any atom is 0.573 e. The summed E-state index contributed by atoms with van der Waals surface area (Å²) in [6, 6.07) is 16.8. The van der Waals surface area contributed by atoms with Gasteiger partial charge in [-0.05, 0) is 79.4 Å². The standard InChI is InChI=1S/C35H34F4N6O4/c36-29-22-43(21-23-2-9-28(10-3-23)49-35(37,38)39)17-14-30(29)42-33(47)26-6-11-31(40-20-26)34(48)44-18-12-25(13-19-44)32(46)24-4-7-27(8-5-24)45-16-1-15-41-45/h1-11,15-16,20,25,29-30H,12-14,17-19,21-22H2,(H,42,47)/t29-,30-/m1/s1. The molecule has 2 aliphatic heterocycles. The lowest BCUT2D eigenvalue weighted by Gasteiger charge is -2.35. The number of ether oxygens (including phenoxy) is 1. The first-order valence-electron chi connectivity index (χ1n) is 15.9. The lowest BCUT2D eigenvalue weighted by Crippen LogP contribution is -2.52. The topological polar surface area (TPSA) is 110 Å². The van der Waals surface area contributed by atoms with Crippen LogP contribution in [0, 0.1) is 5.92 Å². The molecule has 0 saturated carbocycles. The highest BCUT2D eigenvalue weighted by Crippen LogP contribution is 2.25. The average Bonchev–Trinajstić information content (AvgIpc) is 3.65. The van der Waals surface area contributed by atoms with Gasteiger partial charge in [-0.15, -0.1) is 13.2 Å². The number of nitrogens with one attached hydrogen (secondary N) is 1. The maximum absolute atomic E-state index is 15.1. The van der Waals surface area contributed by atoms with E-state index in [1.165, 1.54) is 42.6 Å². The second kappa shape index (κ2) is 14.6. The molecular formula is C35H34F4N6O4. The summed E-state index contributed by atoms with van der Waals surface area (Å²) in [7, 11) is 0. The SMILES string of the molecule is O=C(N[C@@H]1CCN(Cc2ccc(OC(F)(F)F)cc2)C[C@H]1F)c1ccc(C(=O)N2CCC(C(=O)c3ccc(-n4cccn4)cc3)CC2)nc1. The van der Waals surface area contributed by atoms with Crippen LogP contribution in [0.2, 0.25) is 0 Å². The van der Waals surface area contributed by atoms with E-state index in [-0.39, 0.29) is 41.2 Å². The van der Waals surface area contributed by atoms with Crippen LogP contribution < -0.4 is 10.1 Å². The Morgan fingerprint density at radius 1 is 0.898 bits per heavy atom. The van der Waals surface area contributed by atoms with Gasteiger partial charge in [-0.1, -0.05) is 12.1 Å². The lowest BCUT2D eigenvalue weighted by atomic mass is 9.88. The van der Waals surface area contributed by atoms with Gasteiger partial charge in [0.05, 0.1) is 17.3 Å². The quantitative estimate of drug-likeness (QED) is 0.191. The summed E-state index contributed by atoms with van der Waals surface area (Å²) >= 11 is 0. The fraction of sp³-hybridized carbons (Fsp3) is 0.343. The Balaban J connectivity index is 0.948. The molecule has 0 unspecified atom stereocenters. The monoisotopic (exact) mass is 678 g/mol. The average molecular weight is 679 g/mol. The molecule has 2 atom stereocenters. The van der Waals surface area contributed by atoms with Crippen LogP contribution >= 0.6 is 0 Å². The zero-order chi connectivity index (χ0) is 34.5. The summed E-state index contributed by atoms with van der Waals surface area (Å²) in [5, 5.41) is 6.91. The second-order valence-corrected chi connectivity index (χ2v) is 12.2.